The second-order valence-corrected chi connectivity index (χ2v) is 4.79. The standard InChI is InChI=1S/C12H17ClN2O/c13-12-4-3-10(14)6-9(12)7-15-5-1-2-11(16)8-15/h3-4,6,11,16H,1-2,5,7-8,14H2. The fourth-order valence-corrected chi connectivity index (χ4v) is 2.31. The van der Waals surface area contributed by atoms with Gasteiger partial charge in [0.25, 0.3) is 0 Å². The first-order chi connectivity index (χ1) is 7.65. The molecular formula is C12H17ClN2O. The van der Waals surface area contributed by atoms with E-state index in [2.05, 4.69) is 4.90 Å². The highest BCUT2D eigenvalue weighted by atomic mass is 35.5. The summed E-state index contributed by atoms with van der Waals surface area (Å²) in [5.74, 6) is 0. The highest BCUT2D eigenvalue weighted by Gasteiger charge is 2.18. The van der Waals surface area contributed by atoms with Crippen molar-refractivity contribution in [2.75, 3.05) is 18.8 Å². The maximum Gasteiger partial charge on any atom is 0.0667 e. The topological polar surface area (TPSA) is 49.5 Å². The molecule has 1 aromatic carbocycles. The van der Waals surface area contributed by atoms with Crippen LogP contribution >= 0.6 is 11.6 Å². The molecule has 0 bridgehead atoms. The van der Waals surface area contributed by atoms with E-state index in [0.717, 1.165) is 48.7 Å². The summed E-state index contributed by atoms with van der Waals surface area (Å²) in [7, 11) is 0. The molecule has 4 heteroatoms. The normalized spacial score (nSPS) is 22.2. The average molecular weight is 241 g/mol. The lowest BCUT2D eigenvalue weighted by Gasteiger charge is -2.30. The van der Waals surface area contributed by atoms with Crippen LogP contribution in [0.25, 0.3) is 0 Å². The first-order valence-electron chi connectivity index (χ1n) is 5.59. The van der Waals surface area contributed by atoms with E-state index in [1.54, 1.807) is 6.07 Å². The number of nitrogens with zero attached hydrogens (tertiary/aromatic N) is 1. The number of piperidine rings is 1. The molecular weight excluding hydrogens is 224 g/mol. The molecule has 1 saturated heterocycles. The van der Waals surface area contributed by atoms with E-state index in [0.29, 0.717) is 0 Å². The van der Waals surface area contributed by atoms with Gasteiger partial charge < -0.3 is 10.8 Å². The van der Waals surface area contributed by atoms with E-state index in [4.69, 9.17) is 17.3 Å². The number of β-amino-alcohol motifs (C(OH)–C–C–N with tert-alkyl or cyclic N) is 1. The number of aliphatic hydroxyl groups is 1. The van der Waals surface area contributed by atoms with Crippen LogP contribution in [0.4, 0.5) is 5.69 Å². The predicted molar refractivity (Wildman–Crippen MR) is 66.4 cm³/mol. The van der Waals surface area contributed by atoms with Crippen molar-refractivity contribution in [1.82, 2.24) is 4.90 Å². The zero-order chi connectivity index (χ0) is 11.5. The molecule has 1 aromatic rings. The van der Waals surface area contributed by atoms with Gasteiger partial charge in [-0.05, 0) is 43.1 Å². The number of benzene rings is 1. The number of anilines is 1. The van der Waals surface area contributed by atoms with Crippen molar-refractivity contribution in [3.8, 4) is 0 Å². The molecule has 0 amide bonds. The highest BCUT2D eigenvalue weighted by molar-refractivity contribution is 6.31. The Morgan fingerprint density at radius 3 is 3.06 bits per heavy atom. The number of halogens is 1. The van der Waals surface area contributed by atoms with Gasteiger partial charge in [-0.15, -0.1) is 0 Å². The van der Waals surface area contributed by atoms with E-state index < -0.39 is 0 Å². The van der Waals surface area contributed by atoms with Crippen LogP contribution in [0, 0.1) is 0 Å². The summed E-state index contributed by atoms with van der Waals surface area (Å²) < 4.78 is 0. The van der Waals surface area contributed by atoms with Crippen LogP contribution < -0.4 is 5.73 Å². The summed E-state index contributed by atoms with van der Waals surface area (Å²) in [4.78, 5) is 2.22. The number of aliphatic hydroxyl groups excluding tert-OH is 1. The van der Waals surface area contributed by atoms with E-state index in [9.17, 15) is 5.11 Å². The van der Waals surface area contributed by atoms with Gasteiger partial charge in [0.15, 0.2) is 0 Å². The zero-order valence-corrected chi connectivity index (χ0v) is 9.95. The smallest absolute Gasteiger partial charge is 0.0667 e. The Hall–Kier alpha value is -0.770. The minimum atomic E-state index is -0.200. The Morgan fingerprint density at radius 2 is 2.31 bits per heavy atom. The number of nitrogens with two attached hydrogens (primary N) is 1. The first kappa shape index (κ1) is 11.7. The number of rotatable bonds is 2. The summed E-state index contributed by atoms with van der Waals surface area (Å²) in [6.45, 7) is 2.51. The maximum atomic E-state index is 9.58. The molecule has 1 heterocycles. The van der Waals surface area contributed by atoms with E-state index >= 15 is 0 Å². The highest BCUT2D eigenvalue weighted by Crippen LogP contribution is 2.22. The average Bonchev–Trinajstić information content (AvgIpc) is 2.24. The molecule has 1 aliphatic rings. The van der Waals surface area contributed by atoms with Gasteiger partial charge in [0, 0.05) is 23.8 Å². The number of hydrogen-bond acceptors (Lipinski definition) is 3. The lowest BCUT2D eigenvalue weighted by Crippen LogP contribution is -2.37. The summed E-state index contributed by atoms with van der Waals surface area (Å²) in [6.07, 6.45) is 1.75. The van der Waals surface area contributed by atoms with Crippen LogP contribution in [0.1, 0.15) is 18.4 Å². The van der Waals surface area contributed by atoms with Crippen molar-refractivity contribution in [3.05, 3.63) is 28.8 Å². The first-order valence-corrected chi connectivity index (χ1v) is 5.97. The molecule has 2 rings (SSSR count). The zero-order valence-electron chi connectivity index (χ0n) is 9.19. The van der Waals surface area contributed by atoms with Gasteiger partial charge in [-0.3, -0.25) is 4.90 Å². The Labute approximate surface area is 101 Å². The largest absolute Gasteiger partial charge is 0.399 e. The molecule has 1 unspecified atom stereocenters. The van der Waals surface area contributed by atoms with Gasteiger partial charge in [-0.25, -0.2) is 0 Å². The lowest BCUT2D eigenvalue weighted by atomic mass is 10.1. The Kier molecular flexibility index (Phi) is 3.69. The molecule has 3 N–H and O–H groups in total. The van der Waals surface area contributed by atoms with Crippen LogP contribution in [0.5, 0.6) is 0 Å². The van der Waals surface area contributed by atoms with Crippen molar-refractivity contribution in [2.24, 2.45) is 0 Å². The minimum absolute atomic E-state index is 0.200. The fourth-order valence-electron chi connectivity index (χ4n) is 2.13. The van der Waals surface area contributed by atoms with Gasteiger partial charge in [0.2, 0.25) is 0 Å². The third-order valence-electron chi connectivity index (χ3n) is 2.94. The Bertz CT molecular complexity index is 370. The number of hydrogen-bond donors (Lipinski definition) is 2. The molecule has 16 heavy (non-hydrogen) atoms. The van der Waals surface area contributed by atoms with E-state index in [1.165, 1.54) is 0 Å². The van der Waals surface area contributed by atoms with Crippen molar-refractivity contribution >= 4 is 17.3 Å². The molecule has 0 radical (unpaired) electrons. The second kappa shape index (κ2) is 5.04. The third kappa shape index (κ3) is 2.88. The summed E-state index contributed by atoms with van der Waals surface area (Å²) >= 11 is 6.11. The molecule has 1 fully saturated rings. The number of likely N-dealkylation sites (tertiary alicyclic amines) is 1. The predicted octanol–water partition coefficient (Wildman–Crippen LogP) is 1.88. The van der Waals surface area contributed by atoms with Gasteiger partial charge in [-0.2, -0.15) is 0 Å². The number of nitrogen functional groups attached to an aromatic ring is 1. The Balaban J connectivity index is 2.05. The van der Waals surface area contributed by atoms with Crippen molar-refractivity contribution in [2.45, 2.75) is 25.5 Å². The molecule has 0 saturated carbocycles. The quantitative estimate of drug-likeness (QED) is 0.776. The maximum absolute atomic E-state index is 9.58. The van der Waals surface area contributed by atoms with Crippen molar-refractivity contribution in [3.63, 3.8) is 0 Å². The van der Waals surface area contributed by atoms with Crippen LogP contribution in [0.15, 0.2) is 18.2 Å². The van der Waals surface area contributed by atoms with Gasteiger partial charge >= 0.3 is 0 Å². The molecule has 1 atom stereocenters. The minimum Gasteiger partial charge on any atom is -0.399 e. The molecule has 3 nitrogen and oxygen atoms in total. The molecule has 0 aliphatic carbocycles. The molecule has 0 aromatic heterocycles. The second-order valence-electron chi connectivity index (χ2n) is 4.38. The van der Waals surface area contributed by atoms with Gasteiger partial charge in [0.05, 0.1) is 6.10 Å². The third-order valence-corrected chi connectivity index (χ3v) is 3.31. The van der Waals surface area contributed by atoms with E-state index in [-0.39, 0.29) is 6.10 Å². The lowest BCUT2D eigenvalue weighted by molar-refractivity contribution is 0.0668. The van der Waals surface area contributed by atoms with Crippen LogP contribution in [0.3, 0.4) is 0 Å². The summed E-state index contributed by atoms with van der Waals surface area (Å²) in [6, 6.07) is 5.53. The fraction of sp³-hybridized carbons (Fsp3) is 0.500. The molecule has 1 aliphatic heterocycles. The van der Waals surface area contributed by atoms with Crippen LogP contribution in [0.2, 0.25) is 5.02 Å². The van der Waals surface area contributed by atoms with Gasteiger partial charge in [-0.1, -0.05) is 11.6 Å². The summed E-state index contributed by atoms with van der Waals surface area (Å²) in [5.41, 5.74) is 7.50. The van der Waals surface area contributed by atoms with Crippen molar-refractivity contribution in [1.29, 1.82) is 0 Å². The Morgan fingerprint density at radius 1 is 1.50 bits per heavy atom. The SMILES string of the molecule is Nc1ccc(Cl)c(CN2CCCC(O)C2)c1. The summed E-state index contributed by atoms with van der Waals surface area (Å²) in [5, 5.41) is 10.3. The molecule has 0 spiro atoms. The van der Waals surface area contributed by atoms with Crippen LogP contribution in [-0.4, -0.2) is 29.2 Å². The van der Waals surface area contributed by atoms with E-state index in [1.807, 2.05) is 12.1 Å². The van der Waals surface area contributed by atoms with Crippen molar-refractivity contribution < 1.29 is 5.11 Å². The monoisotopic (exact) mass is 240 g/mol. The molecule has 88 valence electrons. The van der Waals surface area contributed by atoms with Crippen LogP contribution in [-0.2, 0) is 6.54 Å². The van der Waals surface area contributed by atoms with Gasteiger partial charge in [0.1, 0.15) is 0 Å².